The number of nitrogens with one attached hydrogen (secondary N) is 2. The lowest BCUT2D eigenvalue weighted by Gasteiger charge is -2.12. The van der Waals surface area contributed by atoms with Gasteiger partial charge in [-0.3, -0.25) is 9.79 Å². The van der Waals surface area contributed by atoms with Crippen molar-refractivity contribution in [1.29, 1.82) is 0 Å². The highest BCUT2D eigenvalue weighted by Gasteiger charge is 2.16. The van der Waals surface area contributed by atoms with Crippen molar-refractivity contribution in [2.75, 3.05) is 6.61 Å². The summed E-state index contributed by atoms with van der Waals surface area (Å²) in [5.41, 5.74) is 5.20. The number of aliphatic hydroxyl groups excluding tert-OH is 1. The van der Waals surface area contributed by atoms with Crippen LogP contribution >= 0.6 is 0 Å². The van der Waals surface area contributed by atoms with Crippen LogP contribution in [0.1, 0.15) is 11.1 Å². The van der Waals surface area contributed by atoms with E-state index in [2.05, 4.69) is 44.2 Å². The number of imidazole rings is 2. The van der Waals surface area contributed by atoms with Gasteiger partial charge in [-0.2, -0.15) is 0 Å². The van der Waals surface area contributed by atoms with Crippen LogP contribution in [0.4, 0.5) is 5.69 Å². The Morgan fingerprint density at radius 1 is 1.13 bits per heavy atom. The number of aliphatic hydroxyl groups is 1. The van der Waals surface area contributed by atoms with E-state index < -0.39 is 0 Å². The Morgan fingerprint density at radius 2 is 2.00 bits per heavy atom. The van der Waals surface area contributed by atoms with Gasteiger partial charge in [-0.05, 0) is 53.4 Å². The average Bonchev–Trinajstić information content (AvgIpc) is 3.62. The van der Waals surface area contributed by atoms with Crippen molar-refractivity contribution in [3.63, 3.8) is 0 Å². The number of H-pyrrole nitrogens is 2. The van der Waals surface area contributed by atoms with Gasteiger partial charge in [0.1, 0.15) is 11.4 Å². The molecule has 0 bridgehead atoms. The fraction of sp³-hybridized carbons (Fsp3) is 0.133. The molecule has 0 spiro atoms. The van der Waals surface area contributed by atoms with Crippen LogP contribution in [0, 0.1) is 12.8 Å². The molecule has 3 N–H and O–H groups in total. The number of benzene rings is 3. The van der Waals surface area contributed by atoms with Crippen LogP contribution in [0.3, 0.4) is 0 Å². The fourth-order valence-electron chi connectivity index (χ4n) is 4.86. The lowest BCUT2D eigenvalue weighted by Crippen LogP contribution is -2.12. The third kappa shape index (κ3) is 4.42. The van der Waals surface area contributed by atoms with E-state index in [-0.39, 0.29) is 18.1 Å². The van der Waals surface area contributed by atoms with Gasteiger partial charge < -0.3 is 19.6 Å². The average molecular weight is 503 g/mol. The molecule has 8 heteroatoms. The summed E-state index contributed by atoms with van der Waals surface area (Å²) in [7, 11) is 0. The standard InChI is InChI=1S/C30H26N6O2/c1-19-13-23(36-12-11-31-18-36)15-26-28(19)35-29(34-26)27-25(9-10-32-30(27)38)33-16-20(17-37)14-22-7-4-6-21-5-2-3-8-24(21)22/h2-13,15-16,18,20,37H,14,17H2,1H3,(H,32,38)(H,34,35). The van der Waals surface area contributed by atoms with Gasteiger partial charge in [0.25, 0.3) is 5.56 Å². The van der Waals surface area contributed by atoms with Gasteiger partial charge >= 0.3 is 0 Å². The first-order chi connectivity index (χ1) is 18.6. The molecule has 188 valence electrons. The lowest BCUT2D eigenvalue weighted by molar-refractivity contribution is 0.263. The maximum absolute atomic E-state index is 13.0. The normalized spacial score (nSPS) is 12.6. The Labute approximate surface area is 218 Å². The van der Waals surface area contributed by atoms with E-state index in [0.29, 0.717) is 23.5 Å². The number of hydrogen-bond acceptors (Lipinski definition) is 5. The lowest BCUT2D eigenvalue weighted by atomic mass is 9.96. The molecule has 3 aromatic carbocycles. The fourth-order valence-corrected chi connectivity index (χ4v) is 4.86. The number of aromatic amines is 2. The quantitative estimate of drug-likeness (QED) is 0.263. The molecule has 38 heavy (non-hydrogen) atoms. The summed E-state index contributed by atoms with van der Waals surface area (Å²) in [6.45, 7) is 1.92. The summed E-state index contributed by atoms with van der Waals surface area (Å²) in [5, 5.41) is 12.4. The second-order valence-corrected chi connectivity index (χ2v) is 9.34. The van der Waals surface area contributed by atoms with Gasteiger partial charge in [-0.25, -0.2) is 9.97 Å². The van der Waals surface area contributed by atoms with Crippen LogP contribution in [-0.2, 0) is 6.42 Å². The summed E-state index contributed by atoms with van der Waals surface area (Å²) < 4.78 is 1.92. The van der Waals surface area contributed by atoms with Gasteiger partial charge in [-0.1, -0.05) is 42.5 Å². The van der Waals surface area contributed by atoms with Crippen molar-refractivity contribution in [2.45, 2.75) is 13.3 Å². The number of pyridine rings is 1. The Hall–Kier alpha value is -4.82. The largest absolute Gasteiger partial charge is 0.396 e. The first-order valence-electron chi connectivity index (χ1n) is 12.4. The highest BCUT2D eigenvalue weighted by atomic mass is 16.3. The molecule has 3 heterocycles. The van der Waals surface area contributed by atoms with E-state index in [1.165, 1.54) is 0 Å². The van der Waals surface area contributed by atoms with Crippen molar-refractivity contribution in [2.24, 2.45) is 10.9 Å². The van der Waals surface area contributed by atoms with Crippen molar-refractivity contribution in [3.05, 3.63) is 107 Å². The number of aliphatic imine (C=N–C) groups is 1. The molecule has 0 radical (unpaired) electrons. The van der Waals surface area contributed by atoms with Crippen molar-refractivity contribution in [1.82, 2.24) is 24.5 Å². The van der Waals surface area contributed by atoms with Crippen molar-refractivity contribution < 1.29 is 5.11 Å². The molecule has 0 saturated carbocycles. The van der Waals surface area contributed by atoms with E-state index >= 15 is 0 Å². The molecule has 1 atom stereocenters. The second-order valence-electron chi connectivity index (χ2n) is 9.34. The first-order valence-corrected chi connectivity index (χ1v) is 12.4. The Morgan fingerprint density at radius 3 is 2.84 bits per heavy atom. The highest BCUT2D eigenvalue weighted by molar-refractivity contribution is 5.87. The summed E-state index contributed by atoms with van der Waals surface area (Å²) >= 11 is 0. The molecule has 0 saturated heterocycles. The zero-order valence-electron chi connectivity index (χ0n) is 20.8. The molecule has 3 aromatic heterocycles. The number of nitrogens with zero attached hydrogens (tertiary/aromatic N) is 4. The molecule has 0 amide bonds. The minimum Gasteiger partial charge on any atom is -0.396 e. The Bertz CT molecular complexity index is 1830. The predicted molar refractivity (Wildman–Crippen MR) is 150 cm³/mol. The number of aromatic nitrogens is 5. The summed E-state index contributed by atoms with van der Waals surface area (Å²) in [5.74, 6) is 0.220. The number of hydrogen-bond donors (Lipinski definition) is 3. The molecule has 0 aliphatic heterocycles. The second kappa shape index (κ2) is 9.91. The molecule has 6 aromatic rings. The zero-order valence-corrected chi connectivity index (χ0v) is 20.8. The van der Waals surface area contributed by atoms with Crippen LogP contribution in [0.25, 0.3) is 38.9 Å². The predicted octanol–water partition coefficient (Wildman–Crippen LogP) is 5.12. The first kappa shape index (κ1) is 23.6. The molecule has 0 aliphatic carbocycles. The monoisotopic (exact) mass is 502 g/mol. The van der Waals surface area contributed by atoms with E-state index in [1.807, 2.05) is 48.0 Å². The summed E-state index contributed by atoms with van der Waals surface area (Å²) in [6, 6.07) is 20.1. The van der Waals surface area contributed by atoms with Crippen LogP contribution in [0.5, 0.6) is 0 Å². The molecule has 1 unspecified atom stereocenters. The highest BCUT2D eigenvalue weighted by Crippen LogP contribution is 2.29. The molecule has 0 aliphatic rings. The topological polar surface area (TPSA) is 112 Å². The summed E-state index contributed by atoms with van der Waals surface area (Å²) in [6.07, 6.45) is 9.27. The van der Waals surface area contributed by atoms with Gasteiger partial charge in [-0.15, -0.1) is 0 Å². The van der Waals surface area contributed by atoms with Gasteiger partial charge in [0.05, 0.1) is 29.7 Å². The smallest absolute Gasteiger partial charge is 0.261 e. The number of fused-ring (bicyclic) bond motifs is 2. The van der Waals surface area contributed by atoms with Gasteiger partial charge in [0.15, 0.2) is 0 Å². The van der Waals surface area contributed by atoms with E-state index in [4.69, 9.17) is 4.98 Å². The minimum atomic E-state index is -0.291. The van der Waals surface area contributed by atoms with E-state index in [0.717, 1.165) is 38.6 Å². The molecular weight excluding hydrogens is 476 g/mol. The third-order valence-corrected chi connectivity index (χ3v) is 6.76. The Kier molecular flexibility index (Phi) is 6.15. The molecule has 6 rings (SSSR count). The maximum Gasteiger partial charge on any atom is 0.261 e. The van der Waals surface area contributed by atoms with Crippen LogP contribution < -0.4 is 5.56 Å². The van der Waals surface area contributed by atoms with Crippen LogP contribution in [0.15, 0.2) is 95.4 Å². The third-order valence-electron chi connectivity index (χ3n) is 6.76. The van der Waals surface area contributed by atoms with Crippen LogP contribution in [-0.4, -0.2) is 42.4 Å². The van der Waals surface area contributed by atoms with Gasteiger partial charge in [0, 0.05) is 36.4 Å². The summed E-state index contributed by atoms with van der Waals surface area (Å²) in [4.78, 5) is 32.5. The van der Waals surface area contributed by atoms with Crippen molar-refractivity contribution >= 4 is 33.7 Å². The van der Waals surface area contributed by atoms with Crippen LogP contribution in [0.2, 0.25) is 0 Å². The van der Waals surface area contributed by atoms with E-state index in [1.54, 1.807) is 31.0 Å². The minimum absolute atomic E-state index is 0.0634. The number of rotatable bonds is 7. The maximum atomic E-state index is 13.0. The molecule has 0 fully saturated rings. The van der Waals surface area contributed by atoms with Crippen molar-refractivity contribution in [3.8, 4) is 17.1 Å². The Balaban J connectivity index is 1.35. The van der Waals surface area contributed by atoms with E-state index in [9.17, 15) is 9.90 Å². The number of aryl methyl sites for hydroxylation is 1. The zero-order chi connectivity index (χ0) is 26.1. The SMILES string of the molecule is Cc1cc(-n2ccnc2)cc2[nH]c(-c3c(N=CC(CO)Cc4cccc5ccccc45)cc[nH]c3=O)nc12. The molecular formula is C30H26N6O2. The molecule has 8 nitrogen and oxygen atoms in total. The van der Waals surface area contributed by atoms with Gasteiger partial charge in [0.2, 0.25) is 0 Å².